The predicted octanol–water partition coefficient (Wildman–Crippen LogP) is 6.80. The molecule has 1 heterocycles. The molecule has 0 aromatic carbocycles. The van der Waals surface area contributed by atoms with Crippen molar-refractivity contribution in [3.63, 3.8) is 0 Å². The zero-order valence-electron chi connectivity index (χ0n) is 16.1. The number of hydrogen-bond acceptors (Lipinski definition) is 1. The molecule has 1 aromatic rings. The second-order valence-corrected chi connectivity index (χ2v) is 6.97. The molecule has 0 aliphatic heterocycles. The summed E-state index contributed by atoms with van der Waals surface area (Å²) in [6.07, 6.45) is 9.46. The Morgan fingerprint density at radius 3 is 2.19 bits per heavy atom. The summed E-state index contributed by atoms with van der Waals surface area (Å²) in [5.41, 5.74) is 12.6. The molecule has 2 radical (unpaired) electrons. The van der Waals surface area contributed by atoms with Crippen LogP contribution in [0.2, 0.25) is 0 Å². The standard InChI is InChI=1S/C13H9BrN.C4H10N.2CH3.2ClH.Si.Zr/c1-8-5-9-7-12-10(3-2-4-15-12)13(14)11(9)6-8;1-4(2,3)5;;;;;;/h2-4,6-7,13H,1H3;5H,1-3H3;2*1H3;2*1H;;/q4*-1;;;;. The van der Waals surface area contributed by atoms with E-state index in [1.54, 1.807) is 0 Å². The summed E-state index contributed by atoms with van der Waals surface area (Å²) < 4.78 is 0. The van der Waals surface area contributed by atoms with Gasteiger partial charge in [0, 0.05) is 16.7 Å². The first kappa shape index (κ1) is 34.0. The molecule has 26 heavy (non-hydrogen) atoms. The second-order valence-electron chi connectivity index (χ2n) is 6.06. The number of pyridine rings is 1. The van der Waals surface area contributed by atoms with Crippen molar-refractivity contribution in [2.45, 2.75) is 38.1 Å². The maximum absolute atomic E-state index is 6.94. The van der Waals surface area contributed by atoms with Crippen LogP contribution in [0.25, 0.3) is 11.8 Å². The number of aromatic nitrogens is 1. The minimum atomic E-state index is -0.250. The van der Waals surface area contributed by atoms with E-state index in [0.29, 0.717) is 0 Å². The van der Waals surface area contributed by atoms with Crippen LogP contribution in [0.1, 0.15) is 43.8 Å². The van der Waals surface area contributed by atoms with Gasteiger partial charge in [-0.2, -0.15) is 11.6 Å². The molecule has 0 spiro atoms. The van der Waals surface area contributed by atoms with Gasteiger partial charge in [-0.1, -0.05) is 49.7 Å². The van der Waals surface area contributed by atoms with Gasteiger partial charge in [0.25, 0.3) is 0 Å². The van der Waals surface area contributed by atoms with Crippen LogP contribution in [0.5, 0.6) is 0 Å². The van der Waals surface area contributed by atoms with Crippen molar-refractivity contribution in [2.24, 2.45) is 0 Å². The van der Waals surface area contributed by atoms with Gasteiger partial charge in [-0.05, 0) is 11.6 Å². The van der Waals surface area contributed by atoms with E-state index in [0.717, 1.165) is 5.69 Å². The van der Waals surface area contributed by atoms with Gasteiger partial charge in [0.1, 0.15) is 0 Å². The second kappa shape index (κ2) is 15.4. The van der Waals surface area contributed by atoms with Crippen molar-refractivity contribution in [1.82, 2.24) is 4.98 Å². The number of rotatable bonds is 0. The summed E-state index contributed by atoms with van der Waals surface area (Å²) in [5.74, 6) is 0. The summed E-state index contributed by atoms with van der Waals surface area (Å²) in [5, 5.41) is 0. The SMILES string of the molecule is CC(C)(C)[NH-].CC1=[C-]C2=Cc3ncccc3C(Br)C2=C1.Cl.Cl.[CH3-].[CH3-].[Si]=[Zr]. The first-order valence-electron chi connectivity index (χ1n) is 6.89. The third-order valence-corrected chi connectivity index (χ3v) is 3.70. The van der Waals surface area contributed by atoms with Crippen molar-refractivity contribution in [2.75, 3.05) is 0 Å². The van der Waals surface area contributed by atoms with Gasteiger partial charge in [-0.25, -0.2) is 0 Å². The number of nitrogens with zero attached hydrogens (tertiary/aromatic N) is 1. The van der Waals surface area contributed by atoms with E-state index < -0.39 is 0 Å². The van der Waals surface area contributed by atoms with E-state index >= 15 is 0 Å². The van der Waals surface area contributed by atoms with Gasteiger partial charge in [0.2, 0.25) is 0 Å². The summed E-state index contributed by atoms with van der Waals surface area (Å²) in [6, 6.07) is 4.09. The third-order valence-electron chi connectivity index (χ3n) is 2.71. The number of halogens is 3. The normalized spacial score (nSPS) is 15.4. The maximum atomic E-state index is 6.94. The summed E-state index contributed by atoms with van der Waals surface area (Å²) in [7, 11) is 0. The van der Waals surface area contributed by atoms with Crippen molar-refractivity contribution in [3.05, 3.63) is 79.0 Å². The van der Waals surface area contributed by atoms with Gasteiger partial charge in [0.05, 0.1) is 0 Å². The van der Waals surface area contributed by atoms with E-state index in [-0.39, 0.29) is 50.0 Å². The Hall–Kier alpha value is 0.490. The molecule has 0 fully saturated rings. The van der Waals surface area contributed by atoms with Crippen molar-refractivity contribution >= 4 is 53.7 Å². The Labute approximate surface area is 197 Å². The van der Waals surface area contributed by atoms with Gasteiger partial charge in [0.15, 0.2) is 0 Å². The Balaban J connectivity index is -0.000000196. The van der Waals surface area contributed by atoms with E-state index in [1.807, 2.05) is 33.0 Å². The van der Waals surface area contributed by atoms with E-state index in [9.17, 15) is 0 Å². The molecule has 1 N–H and O–H groups in total. The van der Waals surface area contributed by atoms with E-state index in [2.05, 4.69) is 59.0 Å². The summed E-state index contributed by atoms with van der Waals surface area (Å²) in [4.78, 5) is 4.63. The molecule has 3 rings (SSSR count). The Morgan fingerprint density at radius 1 is 1.19 bits per heavy atom. The fourth-order valence-corrected chi connectivity index (χ4v) is 2.80. The zero-order chi connectivity index (χ0) is 16.9. The molecule has 2 aliphatic carbocycles. The van der Waals surface area contributed by atoms with Crippen LogP contribution < -0.4 is 0 Å². The molecule has 0 bridgehead atoms. The Morgan fingerprint density at radius 2 is 1.69 bits per heavy atom. The zero-order valence-corrected chi connectivity index (χ0v) is 22.8. The number of nitrogens with one attached hydrogen (secondary N) is 1. The first-order valence-corrected chi connectivity index (χ1v) is 12.0. The molecule has 2 aliphatic rings. The molecule has 0 saturated heterocycles. The summed E-state index contributed by atoms with van der Waals surface area (Å²) >= 11 is 5.07. The van der Waals surface area contributed by atoms with Crippen LogP contribution in [0.3, 0.4) is 0 Å². The quantitative estimate of drug-likeness (QED) is 0.198. The van der Waals surface area contributed by atoms with Crippen LogP contribution >= 0.6 is 40.7 Å². The minimum absolute atomic E-state index is 0. The third kappa shape index (κ3) is 10.7. The average Bonchev–Trinajstić information content (AvgIpc) is 2.80. The van der Waals surface area contributed by atoms with Crippen LogP contribution in [-0.2, 0) is 23.3 Å². The van der Waals surface area contributed by atoms with E-state index in [1.165, 1.54) is 45.6 Å². The fourth-order valence-electron chi connectivity index (χ4n) is 2.03. The molecular weight excluding hydrogens is 526 g/mol. The van der Waals surface area contributed by atoms with Gasteiger partial charge in [-0.3, -0.25) is 4.98 Å². The number of hydrogen-bond donors (Lipinski definition) is 0. The number of fused-ring (bicyclic) bond motifs is 2. The molecule has 146 valence electrons. The Bertz CT molecular complexity index is 635. The van der Waals surface area contributed by atoms with Crippen LogP contribution in [0, 0.1) is 20.9 Å². The fraction of sp³-hybridized carbons (Fsp3) is 0.316. The van der Waals surface area contributed by atoms with Crippen molar-refractivity contribution < 1.29 is 23.3 Å². The molecule has 1 unspecified atom stereocenters. The van der Waals surface area contributed by atoms with Gasteiger partial charge >= 0.3 is 30.2 Å². The Kier molecular flexibility index (Phi) is 20.2. The molecule has 2 nitrogen and oxygen atoms in total. The van der Waals surface area contributed by atoms with Crippen LogP contribution in [-0.4, -0.2) is 17.4 Å². The molecular formula is C19H27BrCl2N2SiZr-4. The average molecular weight is 554 g/mol. The van der Waals surface area contributed by atoms with E-state index in [4.69, 9.17) is 5.73 Å². The monoisotopic (exact) mass is 550 g/mol. The predicted molar refractivity (Wildman–Crippen MR) is 122 cm³/mol. The molecule has 0 amide bonds. The molecule has 0 saturated carbocycles. The molecule has 7 heteroatoms. The number of allylic oxidation sites excluding steroid dienone is 5. The summed E-state index contributed by atoms with van der Waals surface area (Å²) in [6.45, 7) is 10.7. The van der Waals surface area contributed by atoms with Crippen LogP contribution in [0.15, 0.2) is 41.1 Å². The van der Waals surface area contributed by atoms with Crippen molar-refractivity contribution in [3.8, 4) is 0 Å². The first-order chi connectivity index (χ1) is 10.3. The van der Waals surface area contributed by atoms with Crippen LogP contribution in [0.4, 0.5) is 0 Å². The number of alkyl halides is 1. The topological polar surface area (TPSA) is 36.7 Å². The van der Waals surface area contributed by atoms with Gasteiger partial charge < -0.3 is 20.6 Å². The van der Waals surface area contributed by atoms with Crippen molar-refractivity contribution in [1.29, 1.82) is 0 Å². The molecule has 1 aromatic heterocycles. The van der Waals surface area contributed by atoms with Gasteiger partial charge in [-0.15, -0.1) is 53.7 Å². The molecule has 1 atom stereocenters.